The minimum absolute atomic E-state index is 0.0314. The van der Waals surface area contributed by atoms with Crippen molar-refractivity contribution in [2.24, 2.45) is 5.41 Å². The molecule has 0 saturated carbocycles. The minimum atomic E-state index is -0.341. The number of aromatic amines is 1. The van der Waals surface area contributed by atoms with Gasteiger partial charge in [-0.25, -0.2) is 4.98 Å². The molecule has 1 heterocycles. The van der Waals surface area contributed by atoms with Crippen molar-refractivity contribution in [1.29, 1.82) is 0 Å². The molecule has 0 aliphatic carbocycles. The van der Waals surface area contributed by atoms with Crippen LogP contribution in [0.3, 0.4) is 0 Å². The highest BCUT2D eigenvalue weighted by Gasteiger charge is 2.20. The Kier molecular flexibility index (Phi) is 2.70. The predicted molar refractivity (Wildman–Crippen MR) is 49.9 cm³/mol. The van der Waals surface area contributed by atoms with E-state index >= 15 is 0 Å². The van der Waals surface area contributed by atoms with Crippen LogP contribution in [0.1, 0.15) is 26.6 Å². The summed E-state index contributed by atoms with van der Waals surface area (Å²) in [7, 11) is 0. The highest BCUT2D eigenvalue weighted by atomic mass is 16.2. The maximum Gasteiger partial charge on any atom is 0.225 e. The van der Waals surface area contributed by atoms with E-state index in [0.717, 1.165) is 5.82 Å². The number of hydrogen-bond donors (Lipinski definition) is 2. The molecule has 0 aliphatic rings. The molecule has 0 saturated heterocycles. The first-order chi connectivity index (χ1) is 6.00. The van der Waals surface area contributed by atoms with Crippen molar-refractivity contribution >= 4 is 5.91 Å². The third kappa shape index (κ3) is 2.89. The molecule has 0 spiro atoms. The van der Waals surface area contributed by atoms with Crippen LogP contribution in [-0.2, 0) is 11.3 Å². The standard InChI is InChI=1S/C9H15N3O/c1-9(2,3)8(13)12-6-7-10-4-5-11-7/h4-5H,6H2,1-3H3,(H,10,11)(H,12,13). The molecule has 1 rings (SSSR count). The molecule has 0 atom stereocenters. The highest BCUT2D eigenvalue weighted by molar-refractivity contribution is 5.81. The summed E-state index contributed by atoms with van der Waals surface area (Å²) in [6.45, 7) is 6.10. The molecule has 0 aliphatic heterocycles. The van der Waals surface area contributed by atoms with Gasteiger partial charge in [-0.15, -0.1) is 0 Å². The van der Waals surface area contributed by atoms with E-state index in [1.807, 2.05) is 20.8 Å². The third-order valence-electron chi connectivity index (χ3n) is 1.65. The highest BCUT2D eigenvalue weighted by Crippen LogP contribution is 2.12. The summed E-state index contributed by atoms with van der Waals surface area (Å²) in [5.74, 6) is 0.807. The number of nitrogens with zero attached hydrogens (tertiary/aromatic N) is 1. The van der Waals surface area contributed by atoms with Gasteiger partial charge in [-0.2, -0.15) is 0 Å². The summed E-state index contributed by atoms with van der Waals surface area (Å²) in [4.78, 5) is 18.3. The number of carbonyl (C=O) groups is 1. The summed E-state index contributed by atoms with van der Waals surface area (Å²) in [5, 5.41) is 2.79. The first kappa shape index (κ1) is 9.77. The van der Waals surface area contributed by atoms with Crippen molar-refractivity contribution in [1.82, 2.24) is 15.3 Å². The molecule has 4 nitrogen and oxygen atoms in total. The number of amides is 1. The zero-order valence-electron chi connectivity index (χ0n) is 8.22. The van der Waals surface area contributed by atoms with Crippen LogP contribution in [0.25, 0.3) is 0 Å². The van der Waals surface area contributed by atoms with Crippen molar-refractivity contribution in [2.45, 2.75) is 27.3 Å². The van der Waals surface area contributed by atoms with E-state index < -0.39 is 0 Å². The van der Waals surface area contributed by atoms with Crippen molar-refractivity contribution in [3.8, 4) is 0 Å². The fourth-order valence-electron chi connectivity index (χ4n) is 0.824. The van der Waals surface area contributed by atoms with Crippen LogP contribution in [0.4, 0.5) is 0 Å². The van der Waals surface area contributed by atoms with E-state index in [2.05, 4.69) is 15.3 Å². The van der Waals surface area contributed by atoms with E-state index in [9.17, 15) is 4.79 Å². The van der Waals surface area contributed by atoms with E-state index in [-0.39, 0.29) is 11.3 Å². The Bertz CT molecular complexity index is 272. The molecule has 2 N–H and O–H groups in total. The molecule has 1 aromatic heterocycles. The van der Waals surface area contributed by atoms with Gasteiger partial charge in [-0.1, -0.05) is 20.8 Å². The first-order valence-electron chi connectivity index (χ1n) is 4.27. The maximum atomic E-state index is 11.4. The van der Waals surface area contributed by atoms with Crippen LogP contribution in [0.2, 0.25) is 0 Å². The number of carbonyl (C=O) groups excluding carboxylic acids is 1. The Labute approximate surface area is 77.8 Å². The van der Waals surface area contributed by atoms with E-state index in [1.165, 1.54) is 0 Å². The fourth-order valence-corrected chi connectivity index (χ4v) is 0.824. The van der Waals surface area contributed by atoms with Crippen LogP contribution in [0, 0.1) is 5.41 Å². The third-order valence-corrected chi connectivity index (χ3v) is 1.65. The molecular weight excluding hydrogens is 166 g/mol. The molecule has 0 radical (unpaired) electrons. The molecule has 0 unspecified atom stereocenters. The van der Waals surface area contributed by atoms with Gasteiger partial charge in [0.15, 0.2) is 0 Å². The lowest BCUT2D eigenvalue weighted by molar-refractivity contribution is -0.128. The normalized spacial score (nSPS) is 11.3. The lowest BCUT2D eigenvalue weighted by Gasteiger charge is -2.16. The number of imidazole rings is 1. The summed E-state index contributed by atoms with van der Waals surface area (Å²) in [5.41, 5.74) is -0.341. The summed E-state index contributed by atoms with van der Waals surface area (Å²) in [6.07, 6.45) is 3.40. The van der Waals surface area contributed by atoms with Crippen LogP contribution >= 0.6 is 0 Å². The van der Waals surface area contributed by atoms with Crippen molar-refractivity contribution in [3.63, 3.8) is 0 Å². The number of nitrogens with one attached hydrogen (secondary N) is 2. The monoisotopic (exact) mass is 181 g/mol. The topological polar surface area (TPSA) is 57.8 Å². The summed E-state index contributed by atoms with van der Waals surface area (Å²) in [6, 6.07) is 0. The smallest absolute Gasteiger partial charge is 0.225 e. The quantitative estimate of drug-likeness (QED) is 0.717. The van der Waals surface area contributed by atoms with Gasteiger partial charge in [-0.3, -0.25) is 4.79 Å². The fraction of sp³-hybridized carbons (Fsp3) is 0.556. The van der Waals surface area contributed by atoms with Crippen molar-refractivity contribution in [2.75, 3.05) is 0 Å². The summed E-state index contributed by atoms with van der Waals surface area (Å²) < 4.78 is 0. The van der Waals surface area contributed by atoms with Crippen molar-refractivity contribution < 1.29 is 4.79 Å². The molecule has 0 aromatic carbocycles. The number of rotatable bonds is 2. The number of hydrogen-bond acceptors (Lipinski definition) is 2. The lowest BCUT2D eigenvalue weighted by atomic mass is 9.96. The molecule has 72 valence electrons. The van der Waals surface area contributed by atoms with Gasteiger partial charge >= 0.3 is 0 Å². The van der Waals surface area contributed by atoms with E-state index in [1.54, 1.807) is 12.4 Å². The number of aromatic nitrogens is 2. The molecule has 13 heavy (non-hydrogen) atoms. The van der Waals surface area contributed by atoms with E-state index in [4.69, 9.17) is 0 Å². The van der Waals surface area contributed by atoms with Crippen LogP contribution < -0.4 is 5.32 Å². The van der Waals surface area contributed by atoms with Gasteiger partial charge in [0.1, 0.15) is 5.82 Å². The first-order valence-corrected chi connectivity index (χ1v) is 4.27. The second kappa shape index (κ2) is 3.60. The van der Waals surface area contributed by atoms with Gasteiger partial charge in [0.25, 0.3) is 0 Å². The van der Waals surface area contributed by atoms with Gasteiger partial charge in [-0.05, 0) is 0 Å². The zero-order valence-corrected chi connectivity index (χ0v) is 8.22. The van der Waals surface area contributed by atoms with Gasteiger partial charge in [0, 0.05) is 17.8 Å². The largest absolute Gasteiger partial charge is 0.348 e. The van der Waals surface area contributed by atoms with Crippen LogP contribution in [-0.4, -0.2) is 15.9 Å². The predicted octanol–water partition coefficient (Wildman–Crippen LogP) is 1.07. The molecule has 1 amide bonds. The summed E-state index contributed by atoms with van der Waals surface area (Å²) >= 11 is 0. The number of H-pyrrole nitrogens is 1. The zero-order chi connectivity index (χ0) is 9.90. The van der Waals surface area contributed by atoms with Crippen LogP contribution in [0.5, 0.6) is 0 Å². The van der Waals surface area contributed by atoms with Crippen LogP contribution in [0.15, 0.2) is 12.4 Å². The molecular formula is C9H15N3O. The van der Waals surface area contributed by atoms with E-state index in [0.29, 0.717) is 6.54 Å². The lowest BCUT2D eigenvalue weighted by Crippen LogP contribution is -2.34. The Balaban J connectivity index is 2.40. The molecule has 4 heteroatoms. The Morgan fingerprint density at radius 2 is 2.31 bits per heavy atom. The maximum absolute atomic E-state index is 11.4. The Morgan fingerprint density at radius 1 is 1.62 bits per heavy atom. The Hall–Kier alpha value is -1.32. The Morgan fingerprint density at radius 3 is 2.77 bits per heavy atom. The van der Waals surface area contributed by atoms with Gasteiger partial charge in [0.2, 0.25) is 5.91 Å². The molecule has 0 fully saturated rings. The molecule has 1 aromatic rings. The minimum Gasteiger partial charge on any atom is -0.348 e. The average Bonchev–Trinajstić information content (AvgIpc) is 2.50. The SMILES string of the molecule is CC(C)(C)C(=O)NCc1ncc[nH]1. The average molecular weight is 181 g/mol. The van der Waals surface area contributed by atoms with Gasteiger partial charge in [0.05, 0.1) is 6.54 Å². The van der Waals surface area contributed by atoms with Crippen molar-refractivity contribution in [3.05, 3.63) is 18.2 Å². The second-order valence-electron chi connectivity index (χ2n) is 3.97. The second-order valence-corrected chi connectivity index (χ2v) is 3.97. The molecule has 0 bridgehead atoms. The van der Waals surface area contributed by atoms with Gasteiger partial charge < -0.3 is 10.3 Å².